The number of anilines is 1. The largest absolute Gasteiger partial charge is 0.384 e. The summed E-state index contributed by atoms with van der Waals surface area (Å²) in [6.45, 7) is 10.3. The van der Waals surface area contributed by atoms with Gasteiger partial charge in [-0.2, -0.15) is 0 Å². The lowest BCUT2D eigenvalue weighted by Gasteiger charge is -2.28. The van der Waals surface area contributed by atoms with Gasteiger partial charge in [0.05, 0.1) is 0 Å². The van der Waals surface area contributed by atoms with Crippen LogP contribution >= 0.6 is 0 Å². The highest BCUT2D eigenvalue weighted by Gasteiger charge is 2.24. The Morgan fingerprint density at radius 1 is 1.35 bits per heavy atom. The van der Waals surface area contributed by atoms with Crippen LogP contribution < -0.4 is 5.32 Å². The van der Waals surface area contributed by atoms with Crippen molar-refractivity contribution in [1.82, 2.24) is 4.90 Å². The molecular formula is C15H24N2. The van der Waals surface area contributed by atoms with Crippen molar-refractivity contribution in [3.63, 3.8) is 0 Å². The van der Waals surface area contributed by atoms with E-state index in [1.807, 2.05) is 0 Å². The molecule has 0 spiro atoms. The Bertz CT molecular complexity index is 360. The average molecular weight is 232 g/mol. The van der Waals surface area contributed by atoms with Crippen LogP contribution in [0.2, 0.25) is 0 Å². The van der Waals surface area contributed by atoms with E-state index in [-0.39, 0.29) is 0 Å². The third kappa shape index (κ3) is 2.81. The Morgan fingerprint density at radius 2 is 2.12 bits per heavy atom. The summed E-state index contributed by atoms with van der Waals surface area (Å²) in [5.41, 5.74) is 2.83. The molecule has 2 heteroatoms. The van der Waals surface area contributed by atoms with Gasteiger partial charge >= 0.3 is 0 Å². The first kappa shape index (κ1) is 12.4. The lowest BCUT2D eigenvalue weighted by atomic mass is 10.00. The van der Waals surface area contributed by atoms with E-state index in [4.69, 9.17) is 0 Å². The van der Waals surface area contributed by atoms with E-state index in [1.54, 1.807) is 0 Å². The highest BCUT2D eigenvalue weighted by Crippen LogP contribution is 2.31. The zero-order valence-corrected chi connectivity index (χ0v) is 11.2. The molecular weight excluding hydrogens is 208 g/mol. The normalized spacial score (nSPS) is 18.5. The maximum Gasteiger partial charge on any atom is 0.0376 e. The van der Waals surface area contributed by atoms with Gasteiger partial charge in [0, 0.05) is 30.7 Å². The van der Waals surface area contributed by atoms with E-state index >= 15 is 0 Å². The molecule has 1 heterocycles. The van der Waals surface area contributed by atoms with Crippen molar-refractivity contribution in [3.8, 4) is 0 Å². The second-order valence-electron chi connectivity index (χ2n) is 5.25. The molecule has 0 saturated carbocycles. The molecule has 0 aliphatic carbocycles. The first-order valence-electron chi connectivity index (χ1n) is 6.79. The van der Waals surface area contributed by atoms with Crippen molar-refractivity contribution in [2.75, 3.05) is 25.0 Å². The highest BCUT2D eigenvalue weighted by molar-refractivity contribution is 5.57. The summed E-state index contributed by atoms with van der Waals surface area (Å²) in [7, 11) is 0. The summed E-state index contributed by atoms with van der Waals surface area (Å²) < 4.78 is 0. The van der Waals surface area contributed by atoms with E-state index < -0.39 is 0 Å². The van der Waals surface area contributed by atoms with Gasteiger partial charge in [0.1, 0.15) is 0 Å². The molecule has 1 unspecified atom stereocenters. The van der Waals surface area contributed by atoms with E-state index in [9.17, 15) is 0 Å². The Kier molecular flexibility index (Phi) is 4.06. The number of fused-ring (bicyclic) bond motifs is 1. The maximum atomic E-state index is 3.51. The zero-order valence-electron chi connectivity index (χ0n) is 11.2. The van der Waals surface area contributed by atoms with E-state index in [1.165, 1.54) is 30.8 Å². The molecule has 0 fully saturated rings. The van der Waals surface area contributed by atoms with Crippen molar-refractivity contribution in [3.05, 3.63) is 29.8 Å². The van der Waals surface area contributed by atoms with Gasteiger partial charge in [0.15, 0.2) is 0 Å². The quantitative estimate of drug-likeness (QED) is 0.838. The predicted molar refractivity (Wildman–Crippen MR) is 74.7 cm³/mol. The van der Waals surface area contributed by atoms with Gasteiger partial charge in [0.25, 0.3) is 0 Å². The zero-order chi connectivity index (χ0) is 12.3. The van der Waals surface area contributed by atoms with E-state index in [0.29, 0.717) is 12.0 Å². The summed E-state index contributed by atoms with van der Waals surface area (Å²) in [5, 5.41) is 3.51. The van der Waals surface area contributed by atoms with Crippen LogP contribution in [0.4, 0.5) is 5.69 Å². The fourth-order valence-corrected chi connectivity index (χ4v) is 2.65. The highest BCUT2D eigenvalue weighted by atomic mass is 15.1. The fourth-order valence-electron chi connectivity index (χ4n) is 2.65. The maximum absolute atomic E-state index is 3.51. The SMILES string of the molecule is CCCN(CC1CNc2ccccc21)C(C)C. The molecule has 1 aromatic carbocycles. The molecule has 17 heavy (non-hydrogen) atoms. The Balaban J connectivity index is 2.05. The van der Waals surface area contributed by atoms with Crippen LogP contribution in [-0.4, -0.2) is 30.6 Å². The second kappa shape index (κ2) is 5.54. The first-order valence-corrected chi connectivity index (χ1v) is 6.79. The minimum Gasteiger partial charge on any atom is -0.384 e. The van der Waals surface area contributed by atoms with Gasteiger partial charge < -0.3 is 10.2 Å². The molecule has 0 radical (unpaired) electrons. The van der Waals surface area contributed by atoms with Crippen molar-refractivity contribution in [2.24, 2.45) is 0 Å². The van der Waals surface area contributed by atoms with Crippen LogP contribution in [0, 0.1) is 0 Å². The first-order chi connectivity index (χ1) is 8.22. The van der Waals surface area contributed by atoms with Crippen molar-refractivity contribution in [1.29, 1.82) is 0 Å². The lowest BCUT2D eigenvalue weighted by Crippen LogP contribution is -2.35. The smallest absolute Gasteiger partial charge is 0.0376 e. The van der Waals surface area contributed by atoms with E-state index in [0.717, 1.165) is 6.54 Å². The molecule has 1 N–H and O–H groups in total. The third-order valence-electron chi connectivity index (χ3n) is 3.64. The topological polar surface area (TPSA) is 15.3 Å². The minimum atomic E-state index is 0.641. The van der Waals surface area contributed by atoms with Crippen LogP contribution in [0.25, 0.3) is 0 Å². The predicted octanol–water partition coefficient (Wildman–Crippen LogP) is 3.32. The molecule has 0 saturated heterocycles. The lowest BCUT2D eigenvalue weighted by molar-refractivity contribution is 0.211. The van der Waals surface area contributed by atoms with Gasteiger partial charge in [-0.15, -0.1) is 0 Å². The van der Waals surface area contributed by atoms with Crippen LogP contribution in [0.3, 0.4) is 0 Å². The number of hydrogen-bond donors (Lipinski definition) is 1. The standard InChI is InChI=1S/C15H24N2/c1-4-9-17(12(2)3)11-13-10-16-15-8-6-5-7-14(13)15/h5-8,12-13,16H,4,9-11H2,1-3H3. The second-order valence-corrected chi connectivity index (χ2v) is 5.25. The number of benzene rings is 1. The third-order valence-corrected chi connectivity index (χ3v) is 3.64. The number of rotatable bonds is 5. The molecule has 1 atom stereocenters. The molecule has 2 nitrogen and oxygen atoms in total. The molecule has 1 aromatic rings. The average Bonchev–Trinajstić information content (AvgIpc) is 2.72. The summed E-state index contributed by atoms with van der Waals surface area (Å²) in [6, 6.07) is 9.36. The number of hydrogen-bond acceptors (Lipinski definition) is 2. The van der Waals surface area contributed by atoms with Crippen LogP contribution in [0.5, 0.6) is 0 Å². The number of nitrogens with one attached hydrogen (secondary N) is 1. The van der Waals surface area contributed by atoms with Gasteiger partial charge in [0.2, 0.25) is 0 Å². The minimum absolute atomic E-state index is 0.641. The van der Waals surface area contributed by atoms with Gasteiger partial charge in [-0.05, 0) is 38.4 Å². The van der Waals surface area contributed by atoms with Crippen LogP contribution in [0.1, 0.15) is 38.7 Å². The van der Waals surface area contributed by atoms with Crippen LogP contribution in [0.15, 0.2) is 24.3 Å². The molecule has 1 aliphatic rings. The van der Waals surface area contributed by atoms with Crippen LogP contribution in [-0.2, 0) is 0 Å². The van der Waals surface area contributed by atoms with Crippen molar-refractivity contribution in [2.45, 2.75) is 39.2 Å². The van der Waals surface area contributed by atoms with Crippen molar-refractivity contribution < 1.29 is 0 Å². The number of nitrogens with zero attached hydrogens (tertiary/aromatic N) is 1. The van der Waals surface area contributed by atoms with E-state index in [2.05, 4.69) is 55.3 Å². The molecule has 0 amide bonds. The molecule has 0 bridgehead atoms. The number of para-hydroxylation sites is 1. The molecule has 94 valence electrons. The molecule has 1 aliphatic heterocycles. The fraction of sp³-hybridized carbons (Fsp3) is 0.600. The summed E-state index contributed by atoms with van der Waals surface area (Å²) in [6.07, 6.45) is 1.24. The molecule has 2 rings (SSSR count). The Hall–Kier alpha value is -1.02. The summed E-state index contributed by atoms with van der Waals surface area (Å²) in [4.78, 5) is 2.59. The van der Waals surface area contributed by atoms with Gasteiger partial charge in [-0.3, -0.25) is 0 Å². The molecule has 0 aromatic heterocycles. The Labute approximate surface area is 105 Å². The van der Waals surface area contributed by atoms with Crippen molar-refractivity contribution >= 4 is 5.69 Å². The Morgan fingerprint density at radius 3 is 2.82 bits per heavy atom. The summed E-state index contributed by atoms with van der Waals surface area (Å²) >= 11 is 0. The monoisotopic (exact) mass is 232 g/mol. The summed E-state index contributed by atoms with van der Waals surface area (Å²) in [5.74, 6) is 0.653. The van der Waals surface area contributed by atoms with Gasteiger partial charge in [-0.25, -0.2) is 0 Å². The van der Waals surface area contributed by atoms with Gasteiger partial charge in [-0.1, -0.05) is 25.1 Å².